The molecule has 0 unspecified atom stereocenters. The van der Waals surface area contributed by atoms with Crippen LogP contribution in [0.1, 0.15) is 0 Å². The molecule has 0 aliphatic heterocycles. The third-order valence-corrected chi connectivity index (χ3v) is 11.2. The molecule has 0 saturated carbocycles. The number of para-hydroxylation sites is 4. The van der Waals surface area contributed by atoms with Crippen LogP contribution < -0.4 is 0 Å². The van der Waals surface area contributed by atoms with Gasteiger partial charge in [0, 0.05) is 33.7 Å². The Morgan fingerprint density at radius 1 is 0.441 bits per heavy atom. The number of pyridine rings is 1. The molecule has 3 heterocycles. The van der Waals surface area contributed by atoms with Gasteiger partial charge in [0.2, 0.25) is 0 Å². The van der Waals surface area contributed by atoms with Crippen LogP contribution in [0, 0.1) is 0 Å². The van der Waals surface area contributed by atoms with E-state index in [0.29, 0.717) is 11.4 Å². The van der Waals surface area contributed by atoms with E-state index in [9.17, 15) is 5.11 Å². The zero-order valence-corrected chi connectivity index (χ0v) is 31.8. The minimum absolute atomic E-state index is 0.164. The summed E-state index contributed by atoms with van der Waals surface area (Å²) in [5.41, 5.74) is 15.3. The van der Waals surface area contributed by atoms with Crippen LogP contribution in [0.3, 0.4) is 0 Å². The van der Waals surface area contributed by atoms with Gasteiger partial charge < -0.3 is 9.52 Å². The number of nitrogens with zero attached hydrogens (tertiary/aromatic N) is 3. The van der Waals surface area contributed by atoms with Crippen molar-refractivity contribution in [2.45, 2.75) is 0 Å². The maximum atomic E-state index is 11.3. The van der Waals surface area contributed by atoms with Gasteiger partial charge in [-0.25, -0.2) is 4.98 Å². The molecule has 11 rings (SSSR count). The smallest absolute Gasteiger partial charge is 0.149 e. The predicted octanol–water partition coefficient (Wildman–Crippen LogP) is 14.0. The highest BCUT2D eigenvalue weighted by atomic mass is 16.3. The molecule has 0 saturated heterocycles. The fraction of sp³-hybridized carbons (Fsp3) is 0. The fourth-order valence-corrected chi connectivity index (χ4v) is 8.37. The fourth-order valence-electron chi connectivity index (χ4n) is 8.37. The predicted molar refractivity (Wildman–Crippen MR) is 240 cm³/mol. The van der Waals surface area contributed by atoms with Crippen molar-refractivity contribution in [3.63, 3.8) is 0 Å². The summed E-state index contributed by atoms with van der Waals surface area (Å²) in [4.78, 5) is 10.4. The molecular weight excluding hydrogens is 723 g/mol. The zero-order chi connectivity index (χ0) is 39.3. The molecule has 0 radical (unpaired) electrons. The first kappa shape index (κ1) is 34.2. The Balaban J connectivity index is 1.12. The second-order valence-corrected chi connectivity index (χ2v) is 14.7. The van der Waals surface area contributed by atoms with Gasteiger partial charge >= 0.3 is 0 Å². The molecule has 0 amide bonds. The first-order valence-corrected chi connectivity index (χ1v) is 19.7. The minimum Gasteiger partial charge on any atom is -0.507 e. The molecule has 59 heavy (non-hydrogen) atoms. The third-order valence-electron chi connectivity index (χ3n) is 11.2. The first-order chi connectivity index (χ1) is 29.2. The van der Waals surface area contributed by atoms with Crippen molar-refractivity contribution < 1.29 is 9.52 Å². The summed E-state index contributed by atoms with van der Waals surface area (Å²) in [7, 11) is 0. The van der Waals surface area contributed by atoms with Gasteiger partial charge in [-0.15, -0.1) is 0 Å². The van der Waals surface area contributed by atoms with Crippen LogP contribution in [0.2, 0.25) is 0 Å². The number of rotatable bonds is 7. The molecule has 0 atom stereocenters. The molecule has 0 fully saturated rings. The van der Waals surface area contributed by atoms with Crippen molar-refractivity contribution in [1.29, 1.82) is 0 Å². The Morgan fingerprint density at radius 2 is 1.08 bits per heavy atom. The van der Waals surface area contributed by atoms with Gasteiger partial charge in [-0.05, 0) is 88.0 Å². The van der Waals surface area contributed by atoms with Crippen LogP contribution in [0.4, 0.5) is 0 Å². The lowest BCUT2D eigenvalue weighted by atomic mass is 9.95. The second kappa shape index (κ2) is 14.2. The Kier molecular flexibility index (Phi) is 8.23. The summed E-state index contributed by atoms with van der Waals surface area (Å²) in [6, 6.07) is 68.4. The number of fused-ring (bicyclic) bond motifs is 4. The van der Waals surface area contributed by atoms with E-state index < -0.39 is 0 Å². The molecule has 1 N–H and O–H groups in total. The van der Waals surface area contributed by atoms with Gasteiger partial charge in [0.05, 0.1) is 28.0 Å². The van der Waals surface area contributed by atoms with Crippen molar-refractivity contribution >= 4 is 33.0 Å². The van der Waals surface area contributed by atoms with E-state index in [0.717, 1.165) is 83.3 Å². The van der Waals surface area contributed by atoms with Crippen molar-refractivity contribution in [1.82, 2.24) is 14.5 Å². The van der Waals surface area contributed by atoms with Gasteiger partial charge in [-0.3, -0.25) is 9.55 Å². The maximum Gasteiger partial charge on any atom is 0.149 e. The van der Waals surface area contributed by atoms with Crippen molar-refractivity contribution in [3.8, 4) is 78.6 Å². The normalized spacial score (nSPS) is 11.5. The molecule has 5 nitrogen and oxygen atoms in total. The number of imidazole rings is 1. The molecule has 5 heteroatoms. The second-order valence-electron chi connectivity index (χ2n) is 14.7. The SMILES string of the molecule is Oc1ccccc1-c1nc2c(-c3cc(-c4cc(-c5ccc(-c6ccccc6)cc5)ccn4)c4oc5ccccc5c4c3)cccc2n1-c1ccccc1-c1ccccc1. The third kappa shape index (κ3) is 5.96. The summed E-state index contributed by atoms with van der Waals surface area (Å²) in [6.45, 7) is 0. The molecule has 0 aliphatic carbocycles. The monoisotopic (exact) mass is 757 g/mol. The lowest BCUT2D eigenvalue weighted by Gasteiger charge is -2.15. The topological polar surface area (TPSA) is 64.1 Å². The van der Waals surface area contributed by atoms with Gasteiger partial charge in [0.25, 0.3) is 0 Å². The molecule has 0 bridgehead atoms. The quantitative estimate of drug-likeness (QED) is 0.176. The van der Waals surface area contributed by atoms with Crippen molar-refractivity contribution in [2.75, 3.05) is 0 Å². The van der Waals surface area contributed by atoms with Crippen LogP contribution >= 0.6 is 0 Å². The Labute approximate surface area is 340 Å². The van der Waals surface area contributed by atoms with E-state index >= 15 is 0 Å². The van der Waals surface area contributed by atoms with E-state index in [1.165, 1.54) is 11.1 Å². The van der Waals surface area contributed by atoms with Crippen LogP contribution in [0.5, 0.6) is 5.75 Å². The number of hydrogen-bond acceptors (Lipinski definition) is 4. The molecule has 0 spiro atoms. The Hall–Kier alpha value is -8.02. The van der Waals surface area contributed by atoms with E-state index in [2.05, 4.69) is 150 Å². The average molecular weight is 758 g/mol. The summed E-state index contributed by atoms with van der Waals surface area (Å²) >= 11 is 0. The van der Waals surface area contributed by atoms with E-state index in [4.69, 9.17) is 14.4 Å². The number of phenols is 1. The summed E-state index contributed by atoms with van der Waals surface area (Å²) in [5.74, 6) is 0.814. The first-order valence-electron chi connectivity index (χ1n) is 19.7. The average Bonchev–Trinajstić information content (AvgIpc) is 3.88. The highest BCUT2D eigenvalue weighted by Crippen LogP contribution is 2.43. The van der Waals surface area contributed by atoms with Crippen LogP contribution in [0.25, 0.3) is 106 Å². The summed E-state index contributed by atoms with van der Waals surface area (Å²) < 4.78 is 8.82. The highest BCUT2D eigenvalue weighted by Gasteiger charge is 2.23. The highest BCUT2D eigenvalue weighted by molar-refractivity contribution is 6.12. The lowest BCUT2D eigenvalue weighted by Crippen LogP contribution is -2.00. The van der Waals surface area contributed by atoms with E-state index in [1.54, 1.807) is 6.07 Å². The number of furan rings is 1. The van der Waals surface area contributed by atoms with Gasteiger partial charge in [-0.1, -0.05) is 146 Å². The Morgan fingerprint density at radius 3 is 1.88 bits per heavy atom. The van der Waals surface area contributed by atoms with Crippen LogP contribution in [-0.2, 0) is 0 Å². The maximum absolute atomic E-state index is 11.3. The number of benzene rings is 8. The number of phenolic OH excluding ortho intramolecular Hbond substituents is 1. The molecule has 0 aliphatic rings. The van der Waals surface area contributed by atoms with Crippen LogP contribution in [-0.4, -0.2) is 19.6 Å². The molecular formula is C54H35N3O2. The lowest BCUT2D eigenvalue weighted by molar-refractivity contribution is 0.477. The van der Waals surface area contributed by atoms with Gasteiger partial charge in [0.1, 0.15) is 22.7 Å². The molecule has 278 valence electrons. The number of hydrogen-bond donors (Lipinski definition) is 1. The summed E-state index contributed by atoms with van der Waals surface area (Å²) in [6.07, 6.45) is 1.88. The van der Waals surface area contributed by atoms with E-state index in [-0.39, 0.29) is 5.75 Å². The number of aromatic hydroxyl groups is 1. The Bertz CT molecular complexity index is 3330. The van der Waals surface area contributed by atoms with Crippen LogP contribution in [0.15, 0.2) is 211 Å². The molecule has 8 aromatic carbocycles. The van der Waals surface area contributed by atoms with Gasteiger partial charge in [-0.2, -0.15) is 0 Å². The molecule has 11 aromatic rings. The largest absolute Gasteiger partial charge is 0.507 e. The van der Waals surface area contributed by atoms with E-state index in [1.807, 2.05) is 54.7 Å². The minimum atomic E-state index is 0.164. The standard InChI is InChI=1S/C54H35N3O2/c58-50-24-11-8-20-44(50)54-56-52-42(21-13-23-49(52)57(54)48-22-10-7-18-41(48)38-16-5-2-6-17-38)40-32-45-43-19-9-12-25-51(43)59-53(45)46(33-40)47-34-39(30-31-55-47)37-28-26-36(27-29-37)35-14-3-1-4-15-35/h1-34,58H. The summed E-state index contributed by atoms with van der Waals surface area (Å²) in [5, 5.41) is 13.3. The number of aromatic nitrogens is 3. The molecule has 3 aromatic heterocycles. The van der Waals surface area contributed by atoms with Gasteiger partial charge in [0.15, 0.2) is 0 Å². The van der Waals surface area contributed by atoms with Crippen molar-refractivity contribution in [3.05, 3.63) is 206 Å². The zero-order valence-electron chi connectivity index (χ0n) is 31.8. The van der Waals surface area contributed by atoms with Crippen molar-refractivity contribution in [2.24, 2.45) is 0 Å².